The van der Waals surface area contributed by atoms with Crippen LogP contribution in [-0.2, 0) is 19.1 Å². The van der Waals surface area contributed by atoms with Gasteiger partial charge in [-0.3, -0.25) is 14.4 Å². The Morgan fingerprint density at radius 2 is 1.55 bits per heavy atom. The van der Waals surface area contributed by atoms with Gasteiger partial charge in [-0.05, 0) is 29.2 Å². The highest BCUT2D eigenvalue weighted by Crippen LogP contribution is 2.44. The van der Waals surface area contributed by atoms with Gasteiger partial charge in [0.25, 0.3) is 0 Å². The number of primary amides is 1. The molecule has 31 heavy (non-hydrogen) atoms. The van der Waals surface area contributed by atoms with E-state index in [9.17, 15) is 19.2 Å². The number of carbonyl (C=O) groups excluding carboxylic acids is 3. The highest BCUT2D eigenvalue weighted by molar-refractivity contribution is 5.92. The van der Waals surface area contributed by atoms with Crippen molar-refractivity contribution in [1.29, 1.82) is 0 Å². The quantitative estimate of drug-likeness (QED) is 0.502. The van der Waals surface area contributed by atoms with Gasteiger partial charge in [0, 0.05) is 5.92 Å². The van der Waals surface area contributed by atoms with Gasteiger partial charge in [0.2, 0.25) is 11.8 Å². The van der Waals surface area contributed by atoms with Crippen LogP contribution in [0.2, 0.25) is 0 Å². The SMILES string of the molecule is C[C@H](NC(=O)[C@H](CC(N)=O)NC(=O)OCC1c2ccccc2-c2ccccc21)C(=O)O. The summed E-state index contributed by atoms with van der Waals surface area (Å²) in [6, 6.07) is 13.1. The molecule has 2 aromatic rings. The third-order valence-electron chi connectivity index (χ3n) is 5.09. The van der Waals surface area contributed by atoms with Gasteiger partial charge < -0.3 is 26.2 Å². The summed E-state index contributed by atoms with van der Waals surface area (Å²) in [5.74, 6) is -3.11. The summed E-state index contributed by atoms with van der Waals surface area (Å²) in [5, 5.41) is 13.4. The molecule has 3 amide bonds. The molecule has 5 N–H and O–H groups in total. The number of ether oxygens (including phenoxy) is 1. The van der Waals surface area contributed by atoms with E-state index in [0.717, 1.165) is 22.3 Å². The topological polar surface area (TPSA) is 148 Å². The Bertz CT molecular complexity index is 976. The van der Waals surface area contributed by atoms with Crippen molar-refractivity contribution in [3.63, 3.8) is 0 Å². The number of benzene rings is 2. The van der Waals surface area contributed by atoms with Crippen LogP contribution in [0.5, 0.6) is 0 Å². The average Bonchev–Trinajstić information content (AvgIpc) is 3.05. The molecule has 0 heterocycles. The van der Waals surface area contributed by atoms with Crippen LogP contribution >= 0.6 is 0 Å². The number of carboxylic acids is 1. The lowest BCUT2D eigenvalue weighted by Crippen LogP contribution is -2.52. The molecule has 3 rings (SSSR count). The van der Waals surface area contributed by atoms with Crippen molar-refractivity contribution >= 4 is 23.9 Å². The second-order valence-electron chi connectivity index (χ2n) is 7.26. The van der Waals surface area contributed by atoms with Crippen LogP contribution in [-0.4, -0.2) is 47.7 Å². The second kappa shape index (κ2) is 9.29. The highest BCUT2D eigenvalue weighted by Gasteiger charge is 2.30. The van der Waals surface area contributed by atoms with E-state index in [1.807, 2.05) is 48.5 Å². The van der Waals surface area contributed by atoms with Crippen LogP contribution in [0.3, 0.4) is 0 Å². The van der Waals surface area contributed by atoms with Crippen LogP contribution in [0.1, 0.15) is 30.4 Å². The number of fused-ring (bicyclic) bond motifs is 3. The molecule has 0 saturated carbocycles. The van der Waals surface area contributed by atoms with E-state index >= 15 is 0 Å². The third kappa shape index (κ3) is 5.00. The minimum Gasteiger partial charge on any atom is -0.480 e. The summed E-state index contributed by atoms with van der Waals surface area (Å²) in [4.78, 5) is 46.8. The standard InChI is InChI=1S/C22H23N3O6/c1-12(21(28)29)24-20(27)18(10-19(23)26)25-22(30)31-11-17-15-8-4-2-6-13(15)14-7-3-5-9-16(14)17/h2-9,12,17-18H,10-11H2,1H3,(H2,23,26)(H,24,27)(H,25,30)(H,28,29)/t12-,18-/m0/s1. The zero-order valence-corrected chi connectivity index (χ0v) is 16.8. The lowest BCUT2D eigenvalue weighted by Gasteiger charge is -2.20. The first-order valence-electron chi connectivity index (χ1n) is 9.71. The molecule has 0 bridgehead atoms. The summed E-state index contributed by atoms with van der Waals surface area (Å²) in [5.41, 5.74) is 9.34. The fourth-order valence-electron chi connectivity index (χ4n) is 3.57. The van der Waals surface area contributed by atoms with Gasteiger partial charge >= 0.3 is 12.1 Å². The number of aliphatic carboxylic acids is 1. The first-order valence-corrected chi connectivity index (χ1v) is 9.71. The number of nitrogens with two attached hydrogens (primary N) is 1. The minimum atomic E-state index is -1.35. The van der Waals surface area contributed by atoms with Crippen molar-refractivity contribution in [2.75, 3.05) is 6.61 Å². The maximum Gasteiger partial charge on any atom is 0.407 e. The number of nitrogens with one attached hydrogen (secondary N) is 2. The maximum atomic E-state index is 12.4. The number of hydrogen-bond acceptors (Lipinski definition) is 5. The number of rotatable bonds is 8. The van der Waals surface area contributed by atoms with E-state index in [1.54, 1.807) is 0 Å². The summed E-state index contributed by atoms with van der Waals surface area (Å²) >= 11 is 0. The van der Waals surface area contributed by atoms with Crippen molar-refractivity contribution in [3.8, 4) is 11.1 Å². The van der Waals surface area contributed by atoms with E-state index in [4.69, 9.17) is 15.6 Å². The third-order valence-corrected chi connectivity index (χ3v) is 5.09. The molecule has 2 aromatic carbocycles. The lowest BCUT2D eigenvalue weighted by molar-refractivity contribution is -0.141. The van der Waals surface area contributed by atoms with E-state index in [-0.39, 0.29) is 12.5 Å². The fraction of sp³-hybridized carbons (Fsp3) is 0.273. The number of carboxylic acid groups (broad SMARTS) is 1. The van der Waals surface area contributed by atoms with Gasteiger partial charge in [0.15, 0.2) is 0 Å². The summed E-state index contributed by atoms with van der Waals surface area (Å²) in [6.45, 7) is 1.28. The van der Waals surface area contributed by atoms with Crippen LogP contribution in [0.15, 0.2) is 48.5 Å². The van der Waals surface area contributed by atoms with E-state index in [2.05, 4.69) is 10.6 Å². The normalized spacial score (nSPS) is 14.0. The number of carbonyl (C=O) groups is 4. The second-order valence-corrected chi connectivity index (χ2v) is 7.26. The highest BCUT2D eigenvalue weighted by atomic mass is 16.5. The molecular weight excluding hydrogens is 402 g/mol. The van der Waals surface area contributed by atoms with Gasteiger partial charge in [-0.15, -0.1) is 0 Å². The predicted molar refractivity (Wildman–Crippen MR) is 111 cm³/mol. The molecule has 9 nitrogen and oxygen atoms in total. The zero-order chi connectivity index (χ0) is 22.5. The minimum absolute atomic E-state index is 0.0241. The molecule has 0 aliphatic heterocycles. The number of amides is 3. The molecule has 1 aliphatic rings. The van der Waals surface area contributed by atoms with Crippen LogP contribution in [0, 0.1) is 0 Å². The van der Waals surface area contributed by atoms with Gasteiger partial charge in [-0.1, -0.05) is 48.5 Å². The monoisotopic (exact) mass is 425 g/mol. The van der Waals surface area contributed by atoms with Crippen molar-refractivity contribution in [2.24, 2.45) is 5.73 Å². The molecule has 0 radical (unpaired) electrons. The van der Waals surface area contributed by atoms with Crippen molar-refractivity contribution < 1.29 is 29.0 Å². The Labute approximate surface area is 178 Å². The molecule has 0 spiro atoms. The summed E-state index contributed by atoms with van der Waals surface area (Å²) in [7, 11) is 0. The van der Waals surface area contributed by atoms with Crippen molar-refractivity contribution in [1.82, 2.24) is 10.6 Å². The van der Waals surface area contributed by atoms with Crippen LogP contribution in [0.4, 0.5) is 4.79 Å². The maximum absolute atomic E-state index is 12.4. The largest absolute Gasteiger partial charge is 0.480 e. The van der Waals surface area contributed by atoms with Gasteiger partial charge in [0.05, 0.1) is 6.42 Å². The Kier molecular flexibility index (Phi) is 6.54. The smallest absolute Gasteiger partial charge is 0.407 e. The lowest BCUT2D eigenvalue weighted by atomic mass is 9.98. The predicted octanol–water partition coefficient (Wildman–Crippen LogP) is 1.36. The van der Waals surface area contributed by atoms with Gasteiger partial charge in [0.1, 0.15) is 18.7 Å². The van der Waals surface area contributed by atoms with E-state index < -0.39 is 42.4 Å². The zero-order valence-electron chi connectivity index (χ0n) is 16.8. The van der Waals surface area contributed by atoms with Gasteiger partial charge in [-0.2, -0.15) is 0 Å². The molecule has 0 fully saturated rings. The fourth-order valence-corrected chi connectivity index (χ4v) is 3.57. The molecule has 0 unspecified atom stereocenters. The Morgan fingerprint density at radius 1 is 1.00 bits per heavy atom. The summed E-state index contributed by atoms with van der Waals surface area (Å²) in [6.07, 6.45) is -1.41. The molecule has 162 valence electrons. The molecule has 9 heteroatoms. The van der Waals surface area contributed by atoms with Crippen molar-refractivity contribution in [3.05, 3.63) is 59.7 Å². The molecule has 0 aromatic heterocycles. The van der Waals surface area contributed by atoms with Crippen LogP contribution in [0.25, 0.3) is 11.1 Å². The van der Waals surface area contributed by atoms with Gasteiger partial charge in [-0.25, -0.2) is 4.79 Å². The van der Waals surface area contributed by atoms with Crippen molar-refractivity contribution in [2.45, 2.75) is 31.3 Å². The van der Waals surface area contributed by atoms with E-state index in [0.29, 0.717) is 0 Å². The number of alkyl carbamates (subject to hydrolysis) is 1. The molecule has 1 aliphatic carbocycles. The molecule has 2 atom stereocenters. The Morgan fingerprint density at radius 3 is 2.06 bits per heavy atom. The molecular formula is C22H23N3O6. The molecule has 0 saturated heterocycles. The first kappa shape index (κ1) is 21.8. The van der Waals surface area contributed by atoms with E-state index in [1.165, 1.54) is 6.92 Å². The first-order chi connectivity index (χ1) is 14.8. The number of hydrogen-bond donors (Lipinski definition) is 4. The average molecular weight is 425 g/mol. The van der Waals surface area contributed by atoms with Crippen LogP contribution < -0.4 is 16.4 Å². The Balaban J connectivity index is 1.67. The Hall–Kier alpha value is -3.88. The summed E-state index contributed by atoms with van der Waals surface area (Å²) < 4.78 is 5.36.